The molecule has 2 aliphatic rings. The van der Waals surface area contributed by atoms with E-state index < -0.39 is 131 Å². The molecule has 5 aromatic rings. The minimum absolute atomic E-state index is 0.00241. The van der Waals surface area contributed by atoms with Crippen molar-refractivity contribution in [2.75, 3.05) is 38.4 Å². The van der Waals surface area contributed by atoms with Crippen LogP contribution in [0.5, 0.6) is 0 Å². The minimum Gasteiger partial charge on any atom is -0.387 e. The number of H-pyrrole nitrogens is 2. The molecule has 0 bridgehead atoms. The third-order valence-electron chi connectivity index (χ3n) is 9.53. The summed E-state index contributed by atoms with van der Waals surface area (Å²) in [6.45, 7) is -3.64. The fourth-order valence-corrected chi connectivity index (χ4v) is 12.6. The normalized spacial score (nSPS) is 27.7. The molecule has 37 nitrogen and oxygen atoms in total. The first-order chi connectivity index (χ1) is 31.6. The summed E-state index contributed by atoms with van der Waals surface area (Å²) >= 11 is 0. The van der Waals surface area contributed by atoms with Gasteiger partial charge in [-0.15, -0.1) is 5.10 Å². The van der Waals surface area contributed by atoms with Crippen molar-refractivity contribution in [3.63, 3.8) is 0 Å². The van der Waals surface area contributed by atoms with Crippen LogP contribution < -0.4 is 32.6 Å². The van der Waals surface area contributed by atoms with Gasteiger partial charge >= 0.3 is 44.5 Å². The Bertz CT molecular complexity index is 3070. The van der Waals surface area contributed by atoms with E-state index in [1.807, 2.05) is 0 Å². The molecule has 7 heterocycles. The van der Waals surface area contributed by atoms with Gasteiger partial charge in [0, 0.05) is 7.11 Å². The number of anilines is 2. The highest BCUT2D eigenvalue weighted by molar-refractivity contribution is 7.71. The molecule has 0 amide bonds. The van der Waals surface area contributed by atoms with Gasteiger partial charge in [0.1, 0.15) is 36.6 Å². The summed E-state index contributed by atoms with van der Waals surface area (Å²) in [6, 6.07) is 0. The van der Waals surface area contributed by atoms with Crippen LogP contribution in [0.15, 0.2) is 28.4 Å². The molecule has 376 valence electrons. The van der Waals surface area contributed by atoms with Gasteiger partial charge in [-0.05, 0) is 0 Å². The second-order valence-corrected chi connectivity index (χ2v) is 22.2. The average Bonchev–Trinajstić information content (AvgIpc) is 4.03. The quantitative estimate of drug-likeness (QED) is 0.0257. The number of imidazole rings is 2. The molecule has 68 heavy (non-hydrogen) atoms. The lowest BCUT2D eigenvalue weighted by molar-refractivity contribution is -0.746. The van der Waals surface area contributed by atoms with Crippen molar-refractivity contribution in [3.05, 3.63) is 39.6 Å². The van der Waals surface area contributed by atoms with Crippen LogP contribution in [0.25, 0.3) is 22.3 Å². The van der Waals surface area contributed by atoms with Crippen LogP contribution in [0.1, 0.15) is 12.5 Å². The Morgan fingerprint density at radius 1 is 0.809 bits per heavy atom. The largest absolute Gasteiger partial charge is 0.488 e. The van der Waals surface area contributed by atoms with Crippen LogP contribution in [-0.2, 0) is 77.1 Å². The number of hydrogen-bond acceptors (Lipinski definition) is 26. The summed E-state index contributed by atoms with van der Waals surface area (Å²) in [5.41, 5.74) is 8.48. The van der Waals surface area contributed by atoms with Crippen LogP contribution in [-0.4, -0.2) is 152 Å². The van der Waals surface area contributed by atoms with E-state index in [0.29, 0.717) is 10.9 Å². The molecule has 2 saturated heterocycles. The van der Waals surface area contributed by atoms with E-state index in [-0.39, 0.29) is 34.2 Å². The Hall–Kier alpha value is -4.09. The minimum atomic E-state index is -6.04. The van der Waals surface area contributed by atoms with Gasteiger partial charge in [-0.25, -0.2) is 36.8 Å². The summed E-state index contributed by atoms with van der Waals surface area (Å²) in [5.74, 6) is -0.573. The molecule has 0 spiro atoms. The molecule has 2 fully saturated rings. The van der Waals surface area contributed by atoms with Gasteiger partial charge in [0.2, 0.25) is 17.7 Å². The van der Waals surface area contributed by atoms with E-state index in [2.05, 4.69) is 57.2 Å². The second-order valence-electron chi connectivity index (χ2n) is 14.2. The summed E-state index contributed by atoms with van der Waals surface area (Å²) in [6.07, 6.45) is -9.26. The number of phosphoric acid groups is 4. The molecule has 0 aliphatic carbocycles. The van der Waals surface area contributed by atoms with E-state index in [4.69, 9.17) is 30.2 Å². The van der Waals surface area contributed by atoms with Crippen molar-refractivity contribution in [2.24, 2.45) is 7.05 Å². The summed E-state index contributed by atoms with van der Waals surface area (Å²) in [5, 5.41) is 38.5. The van der Waals surface area contributed by atoms with Gasteiger partial charge in [0.15, 0.2) is 29.2 Å². The zero-order chi connectivity index (χ0) is 49.9. The number of aliphatic hydroxyl groups excluding tert-OH is 3. The molecule has 14 N–H and O–H groups in total. The van der Waals surface area contributed by atoms with Crippen molar-refractivity contribution in [1.82, 2.24) is 49.0 Å². The molecule has 42 heteroatoms. The number of aromatic nitrogens is 11. The van der Waals surface area contributed by atoms with E-state index in [1.54, 1.807) is 0 Å². The number of ether oxygens (including phenoxy) is 3. The van der Waals surface area contributed by atoms with E-state index in [9.17, 15) is 72.2 Å². The number of aliphatic hydroxyl groups is 3. The third kappa shape index (κ3) is 11.2. The fourth-order valence-electron chi connectivity index (χ4n) is 6.66. The van der Waals surface area contributed by atoms with Gasteiger partial charge in [0.25, 0.3) is 17.1 Å². The van der Waals surface area contributed by atoms with Crippen molar-refractivity contribution in [2.45, 2.75) is 55.6 Å². The summed E-state index contributed by atoms with van der Waals surface area (Å²) in [4.78, 5) is 91.7. The van der Waals surface area contributed by atoms with Gasteiger partial charge in [-0.3, -0.25) is 46.8 Å². The van der Waals surface area contributed by atoms with Crippen LogP contribution >= 0.6 is 38.9 Å². The maximum absolute atomic E-state index is 12.9. The van der Waals surface area contributed by atoms with Gasteiger partial charge in [0.05, 0.1) is 45.9 Å². The zero-order valence-electron chi connectivity index (χ0n) is 34.2. The van der Waals surface area contributed by atoms with Crippen molar-refractivity contribution in [3.8, 4) is 0 Å². The third-order valence-corrected chi connectivity index (χ3v) is 16.8. The Labute approximate surface area is 375 Å². The monoisotopic (exact) mass is 1070 g/mol. The van der Waals surface area contributed by atoms with Crippen molar-refractivity contribution >= 4 is 78.5 Å². The number of nitrogens with zero attached hydrogens (tertiary/aromatic N) is 9. The van der Waals surface area contributed by atoms with Gasteiger partial charge < -0.3 is 65.5 Å². The van der Waals surface area contributed by atoms with Crippen LogP contribution in [0, 0.1) is 0 Å². The first kappa shape index (κ1) is 51.8. The SMILES string of the molecule is COC1[C@@H](O)[C@@H](COP(=O)(O)OP(=O)(O)OP(=O)(O)c2cn(CCOP(=O)(O)OP(=O)(O)OC[C@H]3O[C@@H](n4cnc5c(=O)[nH]c(N)nc54)[C@@H](O)C3O)nn2)O[C@H]1[n+]1cn(C)c2c(=O)[nH]c(N)nc21. The maximum Gasteiger partial charge on any atom is 0.488 e. The molecule has 0 aromatic carbocycles. The number of nitrogen functional groups attached to an aromatic ring is 2. The number of rotatable bonds is 20. The molecule has 7 unspecified atom stereocenters. The number of hydrogen-bond donors (Lipinski definition) is 12. The molecule has 7 rings (SSSR count). The second kappa shape index (κ2) is 19.3. The number of methoxy groups -OCH3 is 1. The Morgan fingerprint density at radius 3 is 2.07 bits per heavy atom. The fraction of sp³-hybridized carbons (Fsp3) is 0.538. The Balaban J connectivity index is 0.878. The molecule has 5 aromatic heterocycles. The molecular formula is C26H39N13O24P5+. The highest BCUT2D eigenvalue weighted by atomic mass is 31.3. The number of fused-ring (bicyclic) bond motifs is 2. The van der Waals surface area contributed by atoms with Gasteiger partial charge in [-0.2, -0.15) is 13.6 Å². The first-order valence-corrected chi connectivity index (χ1v) is 26.1. The lowest BCUT2D eigenvalue weighted by Crippen LogP contribution is -2.47. The van der Waals surface area contributed by atoms with Crippen LogP contribution in [0.3, 0.4) is 0 Å². The topological polar surface area (TPSA) is 531 Å². The zero-order valence-corrected chi connectivity index (χ0v) is 38.7. The number of aryl methyl sites for hydroxylation is 1. The smallest absolute Gasteiger partial charge is 0.387 e. The first-order valence-electron chi connectivity index (χ1n) is 18.6. The highest BCUT2D eigenvalue weighted by Gasteiger charge is 2.51. The van der Waals surface area contributed by atoms with Crippen LogP contribution in [0.2, 0.25) is 0 Å². The number of aromatic amines is 2. The van der Waals surface area contributed by atoms with Gasteiger partial charge in [-0.1, -0.05) is 10.2 Å². The predicted octanol–water partition coefficient (Wildman–Crippen LogP) is -4.66. The van der Waals surface area contributed by atoms with Crippen molar-refractivity contribution in [1.29, 1.82) is 0 Å². The molecule has 2 aliphatic heterocycles. The Kier molecular flexibility index (Phi) is 14.7. The average molecular weight is 1070 g/mol. The number of phosphoric ester groups is 3. The van der Waals surface area contributed by atoms with Crippen molar-refractivity contribution < 1.29 is 108 Å². The maximum atomic E-state index is 12.9. The molecule has 13 atom stereocenters. The summed E-state index contributed by atoms with van der Waals surface area (Å²) in [7, 11) is -25.7. The van der Waals surface area contributed by atoms with E-state index in [0.717, 1.165) is 10.9 Å². The molecular weight excluding hydrogens is 1030 g/mol. The standard InChI is InChI=1S/C26H38N13O24P5/c1-36-9-39(20-14(36)22(44)33-26(28)31-20)24-18(55-2)16(41)11(60-24)7-58-67(51,52)63-68(53,54)61-64(45,46)12-5-37(35-34-12)3-4-56-65(47,48)62-66(49,50)57-6-10-15(40)17(42)23(59-10)38-8-29-13-19(38)30-25(27)32-21(13)43/h5,8-11,15-18,23-24,40-42H,3-4,6-7H2,1-2H3,(H10-,27,28,30,31,32,33,43,44,45,46,47,48,49,50,51,52,53,54)/p+1/t10-,11-,15?,16+,17+,18?,23-,24-/m1/s1. The Morgan fingerprint density at radius 2 is 1.41 bits per heavy atom. The number of nitrogens with one attached hydrogen (secondary N) is 2. The lowest BCUT2D eigenvalue weighted by atomic mass is 10.1. The summed E-state index contributed by atoms with van der Waals surface area (Å²) < 4.78 is 111. The van der Waals surface area contributed by atoms with E-state index in [1.165, 1.54) is 29.6 Å². The highest BCUT2D eigenvalue weighted by Crippen LogP contribution is 2.67. The molecule has 0 radical (unpaired) electrons. The van der Waals surface area contributed by atoms with Crippen LogP contribution in [0.4, 0.5) is 11.9 Å². The molecule has 0 saturated carbocycles. The van der Waals surface area contributed by atoms with E-state index >= 15 is 0 Å². The lowest BCUT2D eigenvalue weighted by Gasteiger charge is -2.20. The number of nitrogens with two attached hydrogens (primary N) is 2. The predicted molar refractivity (Wildman–Crippen MR) is 215 cm³/mol.